The lowest BCUT2D eigenvalue weighted by molar-refractivity contribution is 0.547. The van der Waals surface area contributed by atoms with Crippen LogP contribution in [0.25, 0.3) is 0 Å². The molecule has 0 aliphatic heterocycles. The number of nitrogens with one attached hydrogen (secondary N) is 1. The third-order valence-corrected chi connectivity index (χ3v) is 3.94. The van der Waals surface area contributed by atoms with Gasteiger partial charge in [0.15, 0.2) is 0 Å². The molecule has 0 saturated carbocycles. The smallest absolute Gasteiger partial charge is 0.242 e. The first-order valence-electron chi connectivity index (χ1n) is 5.27. The molecule has 0 amide bonds. The van der Waals surface area contributed by atoms with E-state index in [9.17, 15) is 8.42 Å². The first-order chi connectivity index (χ1) is 8.50. The molecule has 1 atom stereocenters. The summed E-state index contributed by atoms with van der Waals surface area (Å²) in [6, 6.07) is 2.59. The monoisotopic (exact) mass is 267 g/mol. The number of sulfonamides is 1. The van der Waals surface area contributed by atoms with Crippen LogP contribution in [0.4, 0.5) is 0 Å². The van der Waals surface area contributed by atoms with Gasteiger partial charge in [0.25, 0.3) is 0 Å². The third-order valence-electron chi connectivity index (χ3n) is 2.41. The fraction of sp³-hybridized carbons (Fsp3) is 0.300. The lowest BCUT2D eigenvalue weighted by Gasteiger charge is -2.13. The van der Waals surface area contributed by atoms with E-state index < -0.39 is 16.1 Å². The van der Waals surface area contributed by atoms with E-state index in [4.69, 9.17) is 0 Å². The van der Waals surface area contributed by atoms with Gasteiger partial charge >= 0.3 is 0 Å². The fourth-order valence-corrected chi connectivity index (χ4v) is 2.72. The Morgan fingerprint density at radius 2 is 2.22 bits per heavy atom. The average Bonchev–Trinajstić information content (AvgIpc) is 2.76. The van der Waals surface area contributed by atoms with Crippen molar-refractivity contribution in [3.8, 4) is 0 Å². The van der Waals surface area contributed by atoms with Gasteiger partial charge in [-0.3, -0.25) is 9.67 Å². The molecule has 0 aliphatic carbocycles. The predicted molar refractivity (Wildman–Crippen MR) is 64.0 cm³/mol. The highest BCUT2D eigenvalue weighted by atomic mass is 32.2. The van der Waals surface area contributed by atoms with E-state index in [2.05, 4.69) is 19.8 Å². The number of rotatable bonds is 4. The Morgan fingerprint density at radius 3 is 2.78 bits per heavy atom. The molecule has 2 rings (SSSR count). The van der Waals surface area contributed by atoms with Crippen LogP contribution in [0.2, 0.25) is 0 Å². The highest BCUT2D eigenvalue weighted by molar-refractivity contribution is 7.89. The van der Waals surface area contributed by atoms with Crippen LogP contribution in [-0.2, 0) is 17.1 Å². The summed E-state index contributed by atoms with van der Waals surface area (Å²) in [4.78, 5) is 7.91. The maximum absolute atomic E-state index is 12.0. The molecule has 0 spiro atoms. The number of nitrogens with zero attached hydrogens (tertiary/aromatic N) is 4. The molecule has 2 aromatic rings. The summed E-state index contributed by atoms with van der Waals surface area (Å²) in [7, 11) is -1.89. The predicted octanol–water partition coefficient (Wildman–Crippen LogP) is 0.250. The third kappa shape index (κ3) is 2.54. The minimum atomic E-state index is -3.60. The summed E-state index contributed by atoms with van der Waals surface area (Å²) < 4.78 is 28.1. The maximum Gasteiger partial charge on any atom is 0.242 e. The second-order valence-electron chi connectivity index (χ2n) is 3.77. The minimum Gasteiger partial charge on any atom is -0.263 e. The largest absolute Gasteiger partial charge is 0.263 e. The first kappa shape index (κ1) is 12.7. The highest BCUT2D eigenvalue weighted by Gasteiger charge is 2.20. The van der Waals surface area contributed by atoms with Crippen LogP contribution in [0, 0.1) is 0 Å². The van der Waals surface area contributed by atoms with Crippen LogP contribution in [0.3, 0.4) is 0 Å². The van der Waals surface area contributed by atoms with Crippen LogP contribution in [-0.4, -0.2) is 28.2 Å². The van der Waals surface area contributed by atoms with Crippen LogP contribution in [0.5, 0.6) is 0 Å². The van der Waals surface area contributed by atoms with E-state index in [0.717, 1.165) is 0 Å². The fourth-order valence-electron chi connectivity index (χ4n) is 1.56. The van der Waals surface area contributed by atoms with Gasteiger partial charge < -0.3 is 0 Å². The Bertz CT molecular complexity index is 623. The van der Waals surface area contributed by atoms with Crippen LogP contribution in [0.1, 0.15) is 18.8 Å². The molecule has 0 fully saturated rings. The molecule has 18 heavy (non-hydrogen) atoms. The van der Waals surface area contributed by atoms with Gasteiger partial charge in [-0.2, -0.15) is 5.10 Å². The summed E-state index contributed by atoms with van der Waals surface area (Å²) >= 11 is 0. The zero-order chi connectivity index (χ0) is 13.2. The lowest BCUT2D eigenvalue weighted by Crippen LogP contribution is -2.28. The topological polar surface area (TPSA) is 89.8 Å². The number of pyridine rings is 1. The van der Waals surface area contributed by atoms with E-state index in [0.29, 0.717) is 5.82 Å². The van der Waals surface area contributed by atoms with Crippen LogP contribution < -0.4 is 4.72 Å². The van der Waals surface area contributed by atoms with E-state index in [1.807, 2.05) is 0 Å². The summed E-state index contributed by atoms with van der Waals surface area (Å²) in [6.07, 6.45) is 4.20. The van der Waals surface area contributed by atoms with Crippen molar-refractivity contribution in [1.29, 1.82) is 0 Å². The van der Waals surface area contributed by atoms with Gasteiger partial charge in [-0.25, -0.2) is 18.1 Å². The van der Waals surface area contributed by atoms with Gasteiger partial charge in [0, 0.05) is 19.4 Å². The molecule has 96 valence electrons. The van der Waals surface area contributed by atoms with E-state index >= 15 is 0 Å². The van der Waals surface area contributed by atoms with Gasteiger partial charge in [-0.15, -0.1) is 0 Å². The minimum absolute atomic E-state index is 0.124. The van der Waals surface area contributed by atoms with Gasteiger partial charge in [0.2, 0.25) is 10.0 Å². The van der Waals surface area contributed by atoms with Crippen molar-refractivity contribution < 1.29 is 8.42 Å². The Morgan fingerprint density at radius 1 is 1.44 bits per heavy atom. The number of aromatic nitrogens is 4. The van der Waals surface area contributed by atoms with Gasteiger partial charge in [0.1, 0.15) is 17.0 Å². The van der Waals surface area contributed by atoms with Crippen molar-refractivity contribution >= 4 is 10.0 Å². The summed E-state index contributed by atoms with van der Waals surface area (Å²) in [6.45, 7) is 1.71. The Labute approximate surface area is 105 Å². The molecule has 1 N–H and O–H groups in total. The van der Waals surface area contributed by atoms with E-state index in [1.54, 1.807) is 20.0 Å². The molecule has 8 heteroatoms. The second kappa shape index (κ2) is 4.83. The molecule has 0 aromatic carbocycles. The average molecular weight is 267 g/mol. The van der Waals surface area contributed by atoms with Crippen molar-refractivity contribution in [3.63, 3.8) is 0 Å². The first-order valence-corrected chi connectivity index (χ1v) is 6.75. The van der Waals surface area contributed by atoms with Gasteiger partial charge in [-0.1, -0.05) is 0 Å². The van der Waals surface area contributed by atoms with Crippen molar-refractivity contribution in [2.45, 2.75) is 17.9 Å². The maximum atomic E-state index is 12.0. The molecule has 0 unspecified atom stereocenters. The summed E-state index contributed by atoms with van der Waals surface area (Å²) in [5.74, 6) is 0.544. The van der Waals surface area contributed by atoms with Crippen LogP contribution in [0.15, 0.2) is 35.7 Å². The molecular weight excluding hydrogens is 254 g/mol. The second-order valence-corrected chi connectivity index (χ2v) is 5.49. The molecule has 0 radical (unpaired) electrons. The number of aryl methyl sites for hydroxylation is 1. The lowest BCUT2D eigenvalue weighted by atomic mass is 10.3. The molecule has 7 nitrogen and oxygen atoms in total. The molecule has 2 aromatic heterocycles. The number of hydrogen-bond donors (Lipinski definition) is 1. The summed E-state index contributed by atoms with van der Waals surface area (Å²) in [5.41, 5.74) is 0. The van der Waals surface area contributed by atoms with E-state index in [1.165, 1.54) is 29.5 Å². The van der Waals surface area contributed by atoms with Crippen molar-refractivity contribution in [1.82, 2.24) is 24.5 Å². The normalized spacial score (nSPS) is 13.4. The van der Waals surface area contributed by atoms with E-state index in [-0.39, 0.29) is 4.90 Å². The standard InChI is InChI=1S/C10H13N5O2S/c1-8(10-12-7-13-15(10)2)14-18(16,17)9-4-3-5-11-6-9/h3-8,14H,1-2H3/t8-/m0/s1. The Balaban J connectivity index is 2.22. The molecular formula is C10H13N5O2S. The van der Waals surface area contributed by atoms with Crippen LogP contribution >= 0.6 is 0 Å². The molecule has 2 heterocycles. The number of hydrogen-bond acceptors (Lipinski definition) is 5. The molecule has 0 bridgehead atoms. The Kier molecular flexibility index (Phi) is 3.39. The Hall–Kier alpha value is -1.80. The summed E-state index contributed by atoms with van der Waals surface area (Å²) in [5, 5.41) is 3.90. The zero-order valence-corrected chi connectivity index (χ0v) is 10.8. The quantitative estimate of drug-likeness (QED) is 0.857. The highest BCUT2D eigenvalue weighted by Crippen LogP contribution is 2.13. The van der Waals surface area contributed by atoms with Gasteiger partial charge in [0.05, 0.1) is 6.04 Å². The zero-order valence-electron chi connectivity index (χ0n) is 9.98. The van der Waals surface area contributed by atoms with Crippen molar-refractivity contribution in [2.75, 3.05) is 0 Å². The molecule has 0 saturated heterocycles. The van der Waals surface area contributed by atoms with Gasteiger partial charge in [-0.05, 0) is 19.1 Å². The van der Waals surface area contributed by atoms with Crippen molar-refractivity contribution in [2.24, 2.45) is 7.05 Å². The SMILES string of the molecule is C[C@H](NS(=O)(=O)c1cccnc1)c1ncnn1C. The van der Waals surface area contributed by atoms with Crippen molar-refractivity contribution in [3.05, 3.63) is 36.7 Å². The molecule has 0 aliphatic rings.